The standard InChI is InChI=1S/C16H27OP.CH3.ClH.Pd/c1-8-17-13-9-11-14(12-10-13)18(15(2,3)4)16(5,6)7;;;/h9-12H,8H2,1-7H3;1H3;1H;/q;-1;;+2/p-1. The van der Waals surface area contributed by atoms with E-state index < -0.39 is 0 Å². The number of rotatable bonds is 3. The van der Waals surface area contributed by atoms with Gasteiger partial charge in [0.25, 0.3) is 0 Å². The summed E-state index contributed by atoms with van der Waals surface area (Å²) in [5.74, 6) is 0.971. The number of ether oxygens (including phenoxy) is 1. The van der Waals surface area contributed by atoms with Crippen LogP contribution in [0, 0.1) is 7.43 Å². The van der Waals surface area contributed by atoms with E-state index in [0.29, 0.717) is 10.3 Å². The molecule has 1 rings (SSSR count). The molecule has 0 unspecified atom stereocenters. The zero-order chi connectivity index (χ0) is 16.0. The first kappa shape index (κ1) is 23.7. The summed E-state index contributed by atoms with van der Waals surface area (Å²) in [6.45, 7) is 16.8. The van der Waals surface area contributed by atoms with Gasteiger partial charge in [0.1, 0.15) is 5.75 Å². The van der Waals surface area contributed by atoms with E-state index in [9.17, 15) is 0 Å². The fourth-order valence-electron chi connectivity index (χ4n) is 2.64. The van der Waals surface area contributed by atoms with Crippen molar-refractivity contribution in [1.82, 2.24) is 0 Å². The predicted octanol–water partition coefficient (Wildman–Crippen LogP) is 5.93. The molecule has 0 amide bonds. The van der Waals surface area contributed by atoms with Crippen molar-refractivity contribution in [2.75, 3.05) is 6.61 Å². The third-order valence-electron chi connectivity index (χ3n) is 2.75. The van der Waals surface area contributed by atoms with Crippen molar-refractivity contribution in [1.29, 1.82) is 0 Å². The fourth-order valence-corrected chi connectivity index (χ4v) is 6.65. The SMILES string of the molecule is CCOc1ccc(P(C(C)(C)C)C(C)(C)C)cc1.[CH3-].[Cl][Pd+]. The molecule has 0 aromatic heterocycles. The summed E-state index contributed by atoms with van der Waals surface area (Å²) in [4.78, 5) is 0. The van der Waals surface area contributed by atoms with E-state index in [1.807, 2.05) is 6.92 Å². The molecular formula is C17H30ClOPPd. The van der Waals surface area contributed by atoms with Gasteiger partial charge in [-0.05, 0) is 34.7 Å². The van der Waals surface area contributed by atoms with Crippen LogP contribution in [0.25, 0.3) is 0 Å². The second-order valence-corrected chi connectivity index (χ2v) is 10.5. The first-order valence-electron chi connectivity index (χ1n) is 6.81. The Morgan fingerprint density at radius 2 is 1.33 bits per heavy atom. The van der Waals surface area contributed by atoms with Gasteiger partial charge in [0.2, 0.25) is 0 Å². The molecule has 0 aliphatic carbocycles. The molecule has 0 radical (unpaired) electrons. The van der Waals surface area contributed by atoms with E-state index in [2.05, 4.69) is 93.5 Å². The molecule has 1 aromatic rings. The molecule has 0 heterocycles. The maximum absolute atomic E-state index is 5.52. The van der Waals surface area contributed by atoms with Crippen LogP contribution in [-0.2, 0) is 18.2 Å². The number of hydrogen-bond donors (Lipinski definition) is 0. The van der Waals surface area contributed by atoms with E-state index in [4.69, 9.17) is 4.74 Å². The Balaban J connectivity index is 0. The van der Waals surface area contributed by atoms with Gasteiger partial charge in [0.15, 0.2) is 0 Å². The third-order valence-corrected chi connectivity index (χ3v) is 6.25. The Hall–Kier alpha value is 0.402. The van der Waals surface area contributed by atoms with E-state index in [-0.39, 0.29) is 15.3 Å². The molecule has 0 atom stereocenters. The maximum atomic E-state index is 5.52. The van der Waals surface area contributed by atoms with Gasteiger partial charge in [-0.2, -0.15) is 0 Å². The van der Waals surface area contributed by atoms with Crippen molar-refractivity contribution in [3.05, 3.63) is 31.7 Å². The van der Waals surface area contributed by atoms with E-state index in [1.54, 1.807) is 0 Å². The van der Waals surface area contributed by atoms with Crippen molar-refractivity contribution in [3.8, 4) is 5.75 Å². The predicted molar refractivity (Wildman–Crippen MR) is 95.9 cm³/mol. The Morgan fingerprint density at radius 1 is 0.952 bits per heavy atom. The van der Waals surface area contributed by atoms with Gasteiger partial charge < -0.3 is 12.2 Å². The quantitative estimate of drug-likeness (QED) is 0.333. The Bertz CT molecular complexity index is 365. The molecule has 126 valence electrons. The number of hydrogen-bond acceptors (Lipinski definition) is 1. The zero-order valence-corrected chi connectivity index (χ0v) is 17.8. The molecule has 0 saturated heterocycles. The van der Waals surface area contributed by atoms with E-state index in [1.165, 1.54) is 5.30 Å². The molecule has 1 nitrogen and oxygen atoms in total. The van der Waals surface area contributed by atoms with Crippen molar-refractivity contribution in [2.24, 2.45) is 0 Å². The monoisotopic (exact) mass is 422 g/mol. The summed E-state index contributed by atoms with van der Waals surface area (Å²) in [5.41, 5.74) is 0. The van der Waals surface area contributed by atoms with Crippen LogP contribution >= 0.6 is 17.5 Å². The molecule has 0 spiro atoms. The van der Waals surface area contributed by atoms with Gasteiger partial charge in [-0.25, -0.2) is 0 Å². The molecule has 1 aromatic carbocycles. The Kier molecular flexibility index (Phi) is 11.5. The molecule has 0 aliphatic rings. The molecule has 0 N–H and O–H groups in total. The van der Waals surface area contributed by atoms with Crippen molar-refractivity contribution < 1.29 is 22.9 Å². The normalized spacial score (nSPS) is 11.4. The van der Waals surface area contributed by atoms with E-state index in [0.717, 1.165) is 12.4 Å². The third kappa shape index (κ3) is 7.99. The van der Waals surface area contributed by atoms with Crippen LogP contribution in [0.2, 0.25) is 0 Å². The van der Waals surface area contributed by atoms with Gasteiger partial charge in [-0.15, -0.1) is 0 Å². The topological polar surface area (TPSA) is 9.23 Å². The summed E-state index contributed by atoms with van der Waals surface area (Å²) in [6, 6.07) is 8.69. The van der Waals surface area contributed by atoms with Crippen LogP contribution in [0.15, 0.2) is 24.3 Å². The van der Waals surface area contributed by atoms with Crippen molar-refractivity contribution in [3.63, 3.8) is 0 Å². The second kappa shape index (κ2) is 10.2. The average molecular weight is 423 g/mol. The number of halogens is 1. The Labute approximate surface area is 148 Å². The summed E-state index contributed by atoms with van der Waals surface area (Å²) in [6.07, 6.45) is 0. The van der Waals surface area contributed by atoms with Crippen LogP contribution in [0.3, 0.4) is 0 Å². The van der Waals surface area contributed by atoms with Crippen LogP contribution in [0.4, 0.5) is 0 Å². The van der Waals surface area contributed by atoms with Crippen LogP contribution in [0.5, 0.6) is 5.75 Å². The minimum absolute atomic E-state index is 0. The first-order chi connectivity index (χ1) is 9.16. The number of benzene rings is 1. The molecule has 4 heteroatoms. The summed E-state index contributed by atoms with van der Waals surface area (Å²) in [7, 11) is 4.27. The van der Waals surface area contributed by atoms with Gasteiger partial charge >= 0.3 is 27.7 Å². The van der Waals surface area contributed by atoms with Gasteiger partial charge in [-0.3, -0.25) is 0 Å². The molecule has 21 heavy (non-hydrogen) atoms. The van der Waals surface area contributed by atoms with Crippen molar-refractivity contribution in [2.45, 2.75) is 58.8 Å². The van der Waals surface area contributed by atoms with Crippen LogP contribution in [-0.4, -0.2) is 16.9 Å². The molecule has 0 saturated carbocycles. The first-order valence-corrected chi connectivity index (χ1v) is 10.2. The van der Waals surface area contributed by atoms with Gasteiger partial charge in [0, 0.05) is 0 Å². The second-order valence-electron chi connectivity index (χ2n) is 6.60. The fraction of sp³-hybridized carbons (Fsp3) is 0.588. The van der Waals surface area contributed by atoms with Crippen LogP contribution in [0.1, 0.15) is 48.5 Å². The summed E-state index contributed by atoms with van der Waals surface area (Å²) in [5, 5.41) is 2.11. The molecule has 0 aliphatic heterocycles. The average Bonchev–Trinajstić information content (AvgIpc) is 2.31. The van der Waals surface area contributed by atoms with Gasteiger partial charge in [-0.1, -0.05) is 61.6 Å². The minimum atomic E-state index is -0.215. The van der Waals surface area contributed by atoms with E-state index >= 15 is 0 Å². The van der Waals surface area contributed by atoms with Crippen LogP contribution < -0.4 is 10.0 Å². The Morgan fingerprint density at radius 3 is 1.62 bits per heavy atom. The molecular weight excluding hydrogens is 393 g/mol. The summed E-state index contributed by atoms with van der Waals surface area (Å²) < 4.78 is 5.52. The molecule has 0 fully saturated rings. The zero-order valence-electron chi connectivity index (χ0n) is 14.6. The molecule has 0 bridgehead atoms. The van der Waals surface area contributed by atoms with Gasteiger partial charge in [0.05, 0.1) is 6.61 Å². The van der Waals surface area contributed by atoms with Crippen molar-refractivity contribution >= 4 is 22.8 Å². The summed E-state index contributed by atoms with van der Waals surface area (Å²) >= 11 is 2.22.